The van der Waals surface area contributed by atoms with Crippen LogP contribution in [0.1, 0.15) is 36.0 Å². The molecule has 1 atom stereocenters. The monoisotopic (exact) mass is 479 g/mol. The van der Waals surface area contributed by atoms with E-state index in [2.05, 4.69) is 26.5 Å². The van der Waals surface area contributed by atoms with E-state index in [0.717, 1.165) is 19.4 Å². The number of methoxy groups -OCH3 is 2. The van der Waals surface area contributed by atoms with Crippen molar-refractivity contribution in [2.24, 2.45) is 16.5 Å². The Kier molecular flexibility index (Phi) is 10.9. The third-order valence-corrected chi connectivity index (χ3v) is 4.92. The van der Waals surface area contributed by atoms with Crippen LogP contribution in [0.4, 0.5) is 5.69 Å². The van der Waals surface area contributed by atoms with Crippen molar-refractivity contribution in [1.29, 1.82) is 0 Å². The summed E-state index contributed by atoms with van der Waals surface area (Å²) in [5, 5.41) is 5.73. The molecule has 2 rings (SSSR count). The van der Waals surface area contributed by atoms with Gasteiger partial charge in [-0.25, -0.2) is 10.2 Å². The van der Waals surface area contributed by atoms with Gasteiger partial charge in [-0.15, -0.1) is 0 Å². The summed E-state index contributed by atoms with van der Waals surface area (Å²) in [6.07, 6.45) is 2.93. The molecule has 1 heterocycles. The second kappa shape index (κ2) is 13.9. The summed E-state index contributed by atoms with van der Waals surface area (Å²) in [4.78, 5) is 40.6. The van der Waals surface area contributed by atoms with Gasteiger partial charge in [0, 0.05) is 6.54 Å². The standard InChI is InChI=1S/C21H33N7O6/c1-32-15-10-13(20(31)34-9-4-3-7-25-21(22)23)11-16(33-2)18(15)27-17(29)12-26-28-19(30)14-6-5-8-24-14/h10-11,14,24,26H,3-9,12H2,1-2H3,(H,27,29)(H,28,30)(H4,22,23,25)/t14-/m0/s1. The molecule has 0 spiro atoms. The van der Waals surface area contributed by atoms with E-state index in [1.807, 2.05) is 0 Å². The van der Waals surface area contributed by atoms with Crippen LogP contribution in [0, 0.1) is 0 Å². The summed E-state index contributed by atoms with van der Waals surface area (Å²) in [6, 6.07) is 2.63. The first-order valence-corrected chi connectivity index (χ1v) is 10.9. The Balaban J connectivity index is 1.91. The molecule has 0 bridgehead atoms. The largest absolute Gasteiger partial charge is 0.494 e. The van der Waals surface area contributed by atoms with Crippen molar-refractivity contribution in [3.05, 3.63) is 17.7 Å². The van der Waals surface area contributed by atoms with Crippen molar-refractivity contribution >= 4 is 29.4 Å². The van der Waals surface area contributed by atoms with E-state index in [1.165, 1.54) is 26.4 Å². The molecular formula is C21H33N7O6. The lowest BCUT2D eigenvalue weighted by atomic mass is 10.1. The molecule has 1 aromatic carbocycles. The number of nitrogens with zero attached hydrogens (tertiary/aromatic N) is 1. The number of unbranched alkanes of at least 4 members (excludes halogenated alkanes) is 1. The quantitative estimate of drug-likeness (QED) is 0.0688. The Morgan fingerprint density at radius 2 is 1.85 bits per heavy atom. The molecule has 0 aliphatic carbocycles. The normalized spacial score (nSPS) is 14.7. The summed E-state index contributed by atoms with van der Waals surface area (Å²) in [5.41, 5.74) is 16.1. The summed E-state index contributed by atoms with van der Waals surface area (Å²) in [7, 11) is 2.80. The zero-order chi connectivity index (χ0) is 24.9. The Labute approximate surface area is 197 Å². The molecule has 0 radical (unpaired) electrons. The van der Waals surface area contributed by atoms with Crippen LogP contribution in [0.25, 0.3) is 0 Å². The van der Waals surface area contributed by atoms with Crippen molar-refractivity contribution in [1.82, 2.24) is 16.2 Å². The van der Waals surface area contributed by atoms with Crippen LogP contribution in [0.15, 0.2) is 17.1 Å². The van der Waals surface area contributed by atoms with Crippen molar-refractivity contribution in [2.75, 3.05) is 45.8 Å². The van der Waals surface area contributed by atoms with E-state index in [9.17, 15) is 14.4 Å². The van der Waals surface area contributed by atoms with Crippen molar-refractivity contribution in [2.45, 2.75) is 31.7 Å². The number of ether oxygens (including phenoxy) is 3. The van der Waals surface area contributed by atoms with E-state index in [1.54, 1.807) is 0 Å². The lowest BCUT2D eigenvalue weighted by Crippen LogP contribution is -2.49. The number of anilines is 1. The summed E-state index contributed by atoms with van der Waals surface area (Å²) in [6.45, 7) is 1.25. The fourth-order valence-electron chi connectivity index (χ4n) is 3.21. The fourth-order valence-corrected chi connectivity index (χ4v) is 3.21. The SMILES string of the molecule is COc1cc(C(=O)OCCCCN=C(N)N)cc(OC)c1NC(=O)CNNC(=O)[C@@H]1CCCN1. The van der Waals surface area contributed by atoms with Gasteiger partial charge in [-0.3, -0.25) is 20.0 Å². The number of nitrogens with one attached hydrogen (secondary N) is 4. The highest BCUT2D eigenvalue weighted by atomic mass is 16.5. The maximum atomic E-state index is 12.4. The minimum Gasteiger partial charge on any atom is -0.494 e. The van der Waals surface area contributed by atoms with E-state index in [4.69, 9.17) is 25.7 Å². The summed E-state index contributed by atoms with van der Waals surface area (Å²) in [5.74, 6) is -0.795. The first-order chi connectivity index (χ1) is 16.3. The number of aliphatic imine (C=N–C) groups is 1. The topological polar surface area (TPSA) is 191 Å². The van der Waals surface area contributed by atoms with Crippen LogP contribution in [0.2, 0.25) is 0 Å². The number of nitrogens with two attached hydrogens (primary N) is 2. The van der Waals surface area contributed by atoms with E-state index in [-0.39, 0.29) is 53.8 Å². The van der Waals surface area contributed by atoms with E-state index in [0.29, 0.717) is 19.4 Å². The molecular weight excluding hydrogens is 446 g/mol. The molecule has 1 saturated heterocycles. The number of carbonyl (C=O) groups is 3. The van der Waals surface area contributed by atoms with Gasteiger partial charge in [0.1, 0.15) is 17.2 Å². The van der Waals surface area contributed by atoms with Gasteiger partial charge in [-0.2, -0.15) is 0 Å². The van der Waals surface area contributed by atoms with Gasteiger partial charge < -0.3 is 36.3 Å². The van der Waals surface area contributed by atoms with Gasteiger partial charge in [0.05, 0.1) is 39.0 Å². The molecule has 1 fully saturated rings. The maximum absolute atomic E-state index is 12.4. The number of hydrogen-bond acceptors (Lipinski definition) is 9. The number of carbonyl (C=O) groups excluding carboxylic acids is 3. The van der Waals surface area contributed by atoms with Crippen molar-refractivity contribution in [3.63, 3.8) is 0 Å². The van der Waals surface area contributed by atoms with Gasteiger partial charge in [0.15, 0.2) is 5.96 Å². The van der Waals surface area contributed by atoms with Crippen LogP contribution in [-0.2, 0) is 14.3 Å². The third kappa shape index (κ3) is 8.41. The highest BCUT2D eigenvalue weighted by Gasteiger charge is 2.22. The average Bonchev–Trinajstić information content (AvgIpc) is 3.36. The predicted octanol–water partition coefficient (Wildman–Crippen LogP) is -0.774. The van der Waals surface area contributed by atoms with Crippen LogP contribution < -0.4 is 42.4 Å². The van der Waals surface area contributed by atoms with E-state index >= 15 is 0 Å². The van der Waals surface area contributed by atoms with Gasteiger partial charge in [-0.1, -0.05) is 0 Å². The zero-order valence-electron chi connectivity index (χ0n) is 19.4. The Morgan fingerprint density at radius 1 is 1.15 bits per heavy atom. The number of amides is 2. The van der Waals surface area contributed by atoms with Crippen LogP contribution in [-0.4, -0.2) is 70.2 Å². The minimum atomic E-state index is -0.568. The lowest BCUT2D eigenvalue weighted by Gasteiger charge is -2.16. The number of benzene rings is 1. The first kappa shape index (κ1) is 26.7. The van der Waals surface area contributed by atoms with Crippen LogP contribution in [0.5, 0.6) is 11.5 Å². The van der Waals surface area contributed by atoms with Crippen molar-refractivity contribution in [3.8, 4) is 11.5 Å². The zero-order valence-corrected chi connectivity index (χ0v) is 19.4. The van der Waals surface area contributed by atoms with Gasteiger partial charge in [-0.05, 0) is 44.4 Å². The second-order valence-corrected chi connectivity index (χ2v) is 7.45. The number of hydrazine groups is 1. The van der Waals surface area contributed by atoms with Crippen LogP contribution >= 0.6 is 0 Å². The number of esters is 1. The number of hydrogen-bond donors (Lipinski definition) is 6. The van der Waals surface area contributed by atoms with Gasteiger partial charge in [0.25, 0.3) is 5.91 Å². The molecule has 13 nitrogen and oxygen atoms in total. The Morgan fingerprint density at radius 3 is 2.44 bits per heavy atom. The lowest BCUT2D eigenvalue weighted by molar-refractivity contribution is -0.124. The molecule has 34 heavy (non-hydrogen) atoms. The highest BCUT2D eigenvalue weighted by molar-refractivity contribution is 5.98. The molecule has 188 valence electrons. The predicted molar refractivity (Wildman–Crippen MR) is 126 cm³/mol. The third-order valence-electron chi connectivity index (χ3n) is 4.92. The maximum Gasteiger partial charge on any atom is 0.338 e. The molecule has 1 aromatic rings. The number of rotatable bonds is 13. The molecule has 1 aliphatic rings. The second-order valence-electron chi connectivity index (χ2n) is 7.45. The van der Waals surface area contributed by atoms with E-state index < -0.39 is 11.9 Å². The summed E-state index contributed by atoms with van der Waals surface area (Å²) >= 11 is 0. The van der Waals surface area contributed by atoms with Gasteiger partial charge >= 0.3 is 5.97 Å². The highest BCUT2D eigenvalue weighted by Crippen LogP contribution is 2.36. The smallest absolute Gasteiger partial charge is 0.338 e. The number of guanidine groups is 1. The molecule has 0 saturated carbocycles. The average molecular weight is 480 g/mol. The Hall–Kier alpha value is -3.58. The van der Waals surface area contributed by atoms with Crippen LogP contribution in [0.3, 0.4) is 0 Å². The Bertz CT molecular complexity index is 857. The summed E-state index contributed by atoms with van der Waals surface area (Å²) < 4.78 is 15.9. The molecule has 13 heteroatoms. The molecule has 0 aromatic heterocycles. The fraction of sp³-hybridized carbons (Fsp3) is 0.524. The van der Waals surface area contributed by atoms with Gasteiger partial charge in [0.2, 0.25) is 5.91 Å². The molecule has 0 unspecified atom stereocenters. The molecule has 2 amide bonds. The molecule has 1 aliphatic heterocycles. The molecule has 8 N–H and O–H groups in total. The van der Waals surface area contributed by atoms with Crippen molar-refractivity contribution < 1.29 is 28.6 Å². The first-order valence-electron chi connectivity index (χ1n) is 10.9. The minimum absolute atomic E-state index is 0.0188.